The smallest absolute Gasteiger partial charge is 0.387 e. The molecule has 10 unspecified atom stereocenters. The van der Waals surface area contributed by atoms with E-state index in [1.165, 1.54) is 96.6 Å². The number of nitrogen functional groups attached to an aromatic ring is 5. The number of thiol groups is 3. The maximum Gasteiger partial charge on any atom is 0.472 e. The zero-order chi connectivity index (χ0) is 104. The minimum Gasteiger partial charge on any atom is -0.387 e. The largest absolute Gasteiger partial charge is 0.472 e. The second-order valence-corrected chi connectivity index (χ2v) is 44.5. The van der Waals surface area contributed by atoms with Gasteiger partial charge in [0, 0.05) is 101 Å². The second-order valence-electron chi connectivity index (χ2n) is 33.0. The number of rotatable bonds is 52. The van der Waals surface area contributed by atoms with Gasteiger partial charge in [0.2, 0.25) is 0 Å². The Bertz CT molecular complexity index is 6220. The van der Waals surface area contributed by atoms with Crippen LogP contribution in [0, 0.1) is 34.6 Å². The summed E-state index contributed by atoms with van der Waals surface area (Å²) in [4.78, 5) is 137. The number of phosphoric acid groups is 2. The Hall–Kier alpha value is -7.21. The number of aryl methyl sites for hydroxylation is 5. The average molecular weight is 2180 g/mol. The Morgan fingerprint density at radius 1 is 0.392 bits per heavy atom. The van der Waals surface area contributed by atoms with Crippen LogP contribution >= 0.6 is 72.8 Å². The number of phosphoric ester groups is 2. The van der Waals surface area contributed by atoms with E-state index in [1.807, 2.05) is 0 Å². The Morgan fingerprint density at radius 3 is 1.12 bits per heavy atom. The zero-order valence-corrected chi connectivity index (χ0v) is 85.7. The highest BCUT2D eigenvalue weighted by Gasteiger charge is 2.59. The molecule has 0 saturated carbocycles. The summed E-state index contributed by atoms with van der Waals surface area (Å²) in [5.74, 6) is -0.607. The van der Waals surface area contributed by atoms with Gasteiger partial charge in [0.15, 0.2) is 42.6 Å². The van der Waals surface area contributed by atoms with Crippen LogP contribution in [0.1, 0.15) is 85.0 Å². The maximum atomic E-state index is 15.6. The van der Waals surface area contributed by atoms with Gasteiger partial charge in [0.1, 0.15) is 133 Å². The van der Waals surface area contributed by atoms with E-state index in [1.54, 1.807) is 20.8 Å². The summed E-state index contributed by atoms with van der Waals surface area (Å²) in [6, 6.07) is 0. The van der Waals surface area contributed by atoms with E-state index < -0.39 is 257 Å². The number of aliphatic hydroxyl groups excluding tert-OH is 1. The molecule has 796 valence electrons. The molecule has 28 atom stereocenters. The van der Waals surface area contributed by atoms with Crippen LogP contribution < -0.4 is 62.7 Å². The van der Waals surface area contributed by atoms with Gasteiger partial charge in [-0.2, -0.15) is 19.9 Å². The van der Waals surface area contributed by atoms with Crippen molar-refractivity contribution in [1.82, 2.24) is 67.3 Å². The molecule has 59 nitrogen and oxygen atoms in total. The molecule has 0 spiro atoms. The lowest BCUT2D eigenvalue weighted by atomic mass is 10.1. The number of fused-ring (bicyclic) bond motifs is 1. The summed E-state index contributed by atoms with van der Waals surface area (Å²) in [7, 11) is -5.12. The van der Waals surface area contributed by atoms with E-state index in [9.17, 15) is 52.8 Å². The highest BCUT2D eigenvalue weighted by Crippen LogP contribution is 2.62. The Balaban J connectivity index is 0.796. The third-order valence-electron chi connectivity index (χ3n) is 23.2. The molecule has 13 rings (SSSR count). The molecule has 6 aliphatic heterocycles. The van der Waals surface area contributed by atoms with Gasteiger partial charge in [-0.15, -0.1) is 0 Å². The molecule has 13 heterocycles. The normalized spacial score (nSPS) is 29.4. The Morgan fingerprint density at radius 2 is 0.720 bits per heavy atom. The first-order valence-corrected chi connectivity index (χ1v) is 55.0. The number of anilines is 5. The van der Waals surface area contributed by atoms with Crippen molar-refractivity contribution in [3.8, 4) is 0 Å². The zero-order valence-electron chi connectivity index (χ0n) is 78.6. The van der Waals surface area contributed by atoms with Crippen LogP contribution in [0.5, 0.6) is 0 Å². The third kappa shape index (κ3) is 27.5. The monoisotopic (exact) mass is 2180 g/mol. The van der Waals surface area contributed by atoms with Crippen LogP contribution in [-0.2, 0) is 144 Å². The molecule has 0 amide bonds. The van der Waals surface area contributed by atoms with E-state index in [-0.39, 0.29) is 123 Å². The molecule has 67 heteroatoms. The van der Waals surface area contributed by atoms with E-state index in [0.29, 0.717) is 11.1 Å². The summed E-state index contributed by atoms with van der Waals surface area (Å²) >= 11 is 13.1. The highest BCUT2D eigenvalue weighted by atomic mass is 32.7. The summed E-state index contributed by atoms with van der Waals surface area (Å²) < 4.78 is 238. The number of nitrogens with two attached hydrogens (primary N) is 5. The van der Waals surface area contributed by atoms with Gasteiger partial charge < -0.3 is 119 Å². The maximum absolute atomic E-state index is 15.6. The molecule has 6 aliphatic rings. The van der Waals surface area contributed by atoms with E-state index in [2.05, 4.69) is 76.6 Å². The summed E-state index contributed by atoms with van der Waals surface area (Å²) in [5, 5.41) is 11.8. The third-order valence-corrected chi connectivity index (χ3v) is 30.1. The number of methoxy groups -OCH3 is 5. The van der Waals surface area contributed by atoms with Crippen LogP contribution in [0.2, 0.25) is 0 Å². The number of aromatic amines is 1. The predicted octanol–water partition coefficient (Wildman–Crippen LogP) is 0.884. The average Bonchev–Trinajstić information content (AvgIpc) is 1.61. The molecule has 0 aliphatic carbocycles. The first-order valence-electron chi connectivity index (χ1n) is 43.9. The Kier molecular flexibility index (Phi) is 38.7. The summed E-state index contributed by atoms with van der Waals surface area (Å²) in [6.45, 7) is -13.1. The first kappa shape index (κ1) is 113. The predicted molar refractivity (Wildman–Crippen MR) is 502 cm³/mol. The van der Waals surface area contributed by atoms with Gasteiger partial charge in [0.25, 0.3) is 5.56 Å². The lowest BCUT2D eigenvalue weighted by Gasteiger charge is -2.29. The molecule has 7 aromatic rings. The summed E-state index contributed by atoms with van der Waals surface area (Å²) in [5.41, 5.74) is 25.7. The van der Waals surface area contributed by atoms with Gasteiger partial charge in [-0.1, -0.05) is 43.7 Å². The van der Waals surface area contributed by atoms with Gasteiger partial charge in [-0.25, -0.2) is 61.7 Å². The fourth-order valence-corrected chi connectivity index (χ4v) is 22.5. The van der Waals surface area contributed by atoms with Gasteiger partial charge in [-0.05, 0) is 41.0 Å². The number of nitrogens with one attached hydrogen (secondary N) is 1. The number of nitrogens with zero attached hydrogens (tertiary/aromatic N) is 13. The van der Waals surface area contributed by atoms with Gasteiger partial charge in [-0.3, -0.25) is 82.4 Å². The lowest BCUT2D eigenvalue weighted by Crippen LogP contribution is -2.42. The minimum absolute atomic E-state index is 0.0105. The van der Waals surface area contributed by atoms with E-state index in [4.69, 9.17) is 150 Å². The molecule has 0 bridgehead atoms. The molecule has 143 heavy (non-hydrogen) atoms. The summed E-state index contributed by atoms with van der Waals surface area (Å²) in [6.07, 6.45) is -28.9. The number of hydrogen-bond donors (Lipinski definition) is 12. The van der Waals surface area contributed by atoms with Crippen molar-refractivity contribution in [2.24, 2.45) is 0 Å². The highest BCUT2D eigenvalue weighted by molar-refractivity contribution is 8.45. The van der Waals surface area contributed by atoms with Crippen molar-refractivity contribution in [3.63, 3.8) is 0 Å². The van der Waals surface area contributed by atoms with Crippen LogP contribution in [0.3, 0.4) is 0 Å². The van der Waals surface area contributed by atoms with Crippen LogP contribution in [0.15, 0.2) is 72.4 Å². The molecule has 0 radical (unpaired) electrons. The van der Waals surface area contributed by atoms with Crippen LogP contribution in [0.25, 0.3) is 11.2 Å². The molecule has 14 N–H and O–H groups in total. The van der Waals surface area contributed by atoms with Gasteiger partial charge in [0.05, 0.1) is 118 Å². The van der Waals surface area contributed by atoms with Crippen molar-refractivity contribution in [1.29, 1.82) is 0 Å². The van der Waals surface area contributed by atoms with Crippen molar-refractivity contribution < 1.29 is 159 Å². The molecule has 6 fully saturated rings. The molecule has 6 saturated heterocycles. The number of hydrogen-bond acceptors (Lipinski definition) is 50. The molecule has 7 aromatic heterocycles. The number of aromatic nitrogens is 14. The van der Waals surface area contributed by atoms with E-state index >= 15 is 13.7 Å². The molecule has 0 aromatic carbocycles. The van der Waals surface area contributed by atoms with Gasteiger partial charge >= 0.3 is 64.5 Å². The van der Waals surface area contributed by atoms with Crippen LogP contribution in [0.4, 0.5) is 29.1 Å². The second kappa shape index (κ2) is 49.0. The minimum atomic E-state index is -5.97. The number of imidazole rings is 1. The van der Waals surface area contributed by atoms with Crippen molar-refractivity contribution in [3.05, 3.63) is 134 Å². The lowest BCUT2D eigenvalue weighted by molar-refractivity contribution is -0.0850. The van der Waals surface area contributed by atoms with Crippen molar-refractivity contribution >= 4 is 113 Å². The molecular formula is C76H114N19O40P5S3. The number of H-pyrrole nitrogens is 1. The van der Waals surface area contributed by atoms with Crippen LogP contribution in [-0.4, -0.2) is 321 Å². The fraction of sp³-hybridized carbons (Fsp3) is 0.671. The number of aliphatic hydroxyl groups is 1. The first-order chi connectivity index (χ1) is 67.8. The number of ether oxygens (including phenoxy) is 16. The van der Waals surface area contributed by atoms with Crippen molar-refractivity contribution in [2.75, 3.05) is 163 Å². The SMILES string of the molecule is CC[C@H]1O[C@@H](n2cc(C)c(N)nc2=O)C[C@H]1OP(=O)(S)OC[C@H]1O[C@@H](n2cnc3c(N)ncnc32)C(OCCOC)[C@H]1OP(=O)(O)OC[C@H]1O[C@@H](n2cc(C)c(=O)[nH]c2=O)C(OCCOC)[C@H]1OP(=O)(O)OC[C@H]1O[C@@H](n2cc(C)c(N)nc2=O)C(OCCOC)[C@H]1OP(=O)(S)OC[C@H]1O[C@@H](n2cc(C)c(N)nc2=O)C(OCCOC)[C@H]1OP(=O)(S)OC[C@H]1O[C@@H](n2cc(C)c(N)nc2=O)C(OCCOC)[C@H]1O. The van der Waals surface area contributed by atoms with E-state index in [0.717, 1.165) is 30.8 Å². The standard InChI is InChI=1S/C76H114N19O40P5S3/c1-12-41-42(23-48(125-41)90-24-36(2)60(77)85-72(90)98)131-138(107,141)123-32-46-52(57(117-20-15-112-9)71(130-46)95-35-84-49-64(81)82-34-83-65(49)95)133-136(103,104)120-30-44-51(56(116-19-14-111-8)68(127-44)94-28-40(6)66(97)89-76(94)102)132-137(105,106)121-31-45-53(58(118-21-16-113-10)69(128-45)92-26-38(4)62(79)87-74(92)100)134-140(109,143)124-33-47-54(59(119-22-17-114-11)70(129-47)93-27-39(5)63(80)88-75(93)101)135-139(108,142)122-29-43-50(96)55(115-18-13-110-7)67(126-43)91-25-37(3)61(78)86-73(91)99/h24-28,34-35,41-48,50-59,67-71,96H,12-23,29-33H2,1-11H3,(H,103,104)(H,105,106)(H,107,141)(H,108,142)(H,109,143)(H2,77,85,98)(H2,78,86,99)(H2,79,87,100)(H2,80,88,101)(H2,81,82,83)(H,89,97,102)/t41-,42-,43-,44-,45-,46-,47-,48-,50+,51+,52+,53+,54+,55?,56?,57?,58?,59?,67-,68-,69-,70-,71-,138?,139?,140?/m1/s1. The molecular weight excluding hydrogens is 2070 g/mol. The topological polar surface area (TPSA) is 754 Å². The quantitative estimate of drug-likeness (QED) is 0.0143. The van der Waals surface area contributed by atoms with Crippen molar-refractivity contribution in [2.45, 2.75) is 196 Å². The Labute approximate surface area is 828 Å². The fourth-order valence-electron chi connectivity index (χ4n) is 16.1.